The Labute approximate surface area is 86.3 Å². The van der Waals surface area contributed by atoms with Gasteiger partial charge in [0.1, 0.15) is 5.75 Å². The fourth-order valence-corrected chi connectivity index (χ4v) is 1.67. The predicted octanol–water partition coefficient (Wildman–Crippen LogP) is 2.69. The Bertz CT molecular complexity index is 326. The van der Waals surface area contributed by atoms with Gasteiger partial charge in [0.05, 0.1) is 10.1 Å². The second-order valence-electron chi connectivity index (χ2n) is 3.68. The standard InChI is InChI=1S/C10H13BrO2/c1-6-4-9(12)8(11)5-7(6)10(2,3)13/h4-5,12-13H,1-3H3. The molecule has 0 amide bonds. The largest absolute Gasteiger partial charge is 0.507 e. The van der Waals surface area contributed by atoms with Crippen molar-refractivity contribution in [3.63, 3.8) is 0 Å². The summed E-state index contributed by atoms with van der Waals surface area (Å²) in [7, 11) is 0. The Morgan fingerprint density at radius 3 is 2.31 bits per heavy atom. The van der Waals surface area contributed by atoms with Gasteiger partial charge in [-0.15, -0.1) is 0 Å². The topological polar surface area (TPSA) is 40.5 Å². The summed E-state index contributed by atoms with van der Waals surface area (Å²) in [5.74, 6) is 0.200. The molecule has 0 unspecified atom stereocenters. The Morgan fingerprint density at radius 1 is 1.31 bits per heavy atom. The summed E-state index contributed by atoms with van der Waals surface area (Å²) < 4.78 is 0.607. The minimum Gasteiger partial charge on any atom is -0.507 e. The number of phenols is 1. The van der Waals surface area contributed by atoms with E-state index in [1.165, 1.54) is 0 Å². The van der Waals surface area contributed by atoms with Gasteiger partial charge in [-0.05, 0) is 60.0 Å². The zero-order valence-corrected chi connectivity index (χ0v) is 9.51. The molecule has 0 spiro atoms. The number of halogens is 1. The van der Waals surface area contributed by atoms with E-state index in [0.29, 0.717) is 4.47 Å². The highest BCUT2D eigenvalue weighted by molar-refractivity contribution is 9.10. The summed E-state index contributed by atoms with van der Waals surface area (Å²) in [5.41, 5.74) is 0.825. The molecule has 0 heterocycles. The highest BCUT2D eigenvalue weighted by Crippen LogP contribution is 2.32. The van der Waals surface area contributed by atoms with Crippen molar-refractivity contribution in [2.45, 2.75) is 26.4 Å². The first-order valence-corrected chi connectivity index (χ1v) is 4.83. The van der Waals surface area contributed by atoms with Crippen LogP contribution in [0.1, 0.15) is 25.0 Å². The van der Waals surface area contributed by atoms with Crippen LogP contribution in [0.15, 0.2) is 16.6 Å². The third-order valence-electron chi connectivity index (χ3n) is 1.95. The van der Waals surface area contributed by atoms with Crippen molar-refractivity contribution in [2.75, 3.05) is 0 Å². The second-order valence-corrected chi connectivity index (χ2v) is 4.53. The zero-order valence-electron chi connectivity index (χ0n) is 7.93. The molecule has 0 atom stereocenters. The monoisotopic (exact) mass is 244 g/mol. The number of phenolic OH excluding ortho intramolecular Hbond substituents is 1. The SMILES string of the molecule is Cc1cc(O)c(Br)cc1C(C)(C)O. The molecular weight excluding hydrogens is 232 g/mol. The number of hydrogen-bond acceptors (Lipinski definition) is 2. The third-order valence-corrected chi connectivity index (χ3v) is 2.59. The van der Waals surface area contributed by atoms with Gasteiger partial charge in [0.15, 0.2) is 0 Å². The lowest BCUT2D eigenvalue weighted by Gasteiger charge is -2.20. The van der Waals surface area contributed by atoms with Crippen LogP contribution in [0.5, 0.6) is 5.75 Å². The number of aliphatic hydroxyl groups is 1. The molecular formula is C10H13BrO2. The van der Waals surface area contributed by atoms with Crippen LogP contribution in [0.3, 0.4) is 0 Å². The fourth-order valence-electron chi connectivity index (χ4n) is 1.33. The molecule has 0 aliphatic rings. The van der Waals surface area contributed by atoms with E-state index in [0.717, 1.165) is 11.1 Å². The highest BCUT2D eigenvalue weighted by Gasteiger charge is 2.19. The molecule has 72 valence electrons. The van der Waals surface area contributed by atoms with Gasteiger partial charge in [-0.3, -0.25) is 0 Å². The van der Waals surface area contributed by atoms with Crippen LogP contribution in [0.4, 0.5) is 0 Å². The minimum atomic E-state index is -0.875. The maximum absolute atomic E-state index is 9.78. The van der Waals surface area contributed by atoms with E-state index in [1.807, 2.05) is 6.92 Å². The van der Waals surface area contributed by atoms with Gasteiger partial charge in [-0.2, -0.15) is 0 Å². The van der Waals surface area contributed by atoms with E-state index in [-0.39, 0.29) is 5.75 Å². The summed E-state index contributed by atoms with van der Waals surface area (Å²) in [6.07, 6.45) is 0. The van der Waals surface area contributed by atoms with Crippen LogP contribution < -0.4 is 0 Å². The zero-order chi connectivity index (χ0) is 10.2. The van der Waals surface area contributed by atoms with E-state index >= 15 is 0 Å². The molecule has 1 rings (SSSR count). The van der Waals surface area contributed by atoms with Crippen LogP contribution in [-0.2, 0) is 5.60 Å². The molecule has 2 N–H and O–H groups in total. The molecule has 0 saturated heterocycles. The molecule has 3 heteroatoms. The van der Waals surface area contributed by atoms with Crippen molar-refractivity contribution in [2.24, 2.45) is 0 Å². The summed E-state index contributed by atoms with van der Waals surface area (Å²) in [5, 5.41) is 19.1. The van der Waals surface area contributed by atoms with E-state index < -0.39 is 5.60 Å². The molecule has 2 nitrogen and oxygen atoms in total. The first-order chi connectivity index (χ1) is 5.82. The second kappa shape index (κ2) is 3.31. The lowest BCUT2D eigenvalue weighted by molar-refractivity contribution is 0.0778. The van der Waals surface area contributed by atoms with E-state index in [2.05, 4.69) is 15.9 Å². The average Bonchev–Trinajstić information content (AvgIpc) is 1.94. The molecule has 0 aliphatic carbocycles. The minimum absolute atomic E-state index is 0.200. The summed E-state index contributed by atoms with van der Waals surface area (Å²) in [6.45, 7) is 5.30. The summed E-state index contributed by atoms with van der Waals surface area (Å²) in [4.78, 5) is 0. The quantitative estimate of drug-likeness (QED) is 0.798. The first-order valence-electron chi connectivity index (χ1n) is 4.04. The van der Waals surface area contributed by atoms with Crippen LogP contribution in [0, 0.1) is 6.92 Å². The van der Waals surface area contributed by atoms with Gasteiger partial charge < -0.3 is 10.2 Å². The van der Waals surface area contributed by atoms with Crippen molar-refractivity contribution in [3.8, 4) is 5.75 Å². The van der Waals surface area contributed by atoms with Crippen molar-refractivity contribution in [3.05, 3.63) is 27.7 Å². The fraction of sp³-hybridized carbons (Fsp3) is 0.400. The number of rotatable bonds is 1. The number of benzene rings is 1. The number of aromatic hydroxyl groups is 1. The highest BCUT2D eigenvalue weighted by atomic mass is 79.9. The van der Waals surface area contributed by atoms with E-state index in [1.54, 1.807) is 26.0 Å². The molecule has 1 aromatic rings. The lowest BCUT2D eigenvalue weighted by Crippen LogP contribution is -2.16. The van der Waals surface area contributed by atoms with Crippen molar-refractivity contribution >= 4 is 15.9 Å². The number of hydrogen-bond donors (Lipinski definition) is 2. The normalized spacial score (nSPS) is 11.8. The van der Waals surface area contributed by atoms with Crippen molar-refractivity contribution in [1.82, 2.24) is 0 Å². The van der Waals surface area contributed by atoms with Gasteiger partial charge in [-0.1, -0.05) is 0 Å². The molecule has 0 saturated carbocycles. The molecule has 0 bridgehead atoms. The first kappa shape index (κ1) is 10.5. The average molecular weight is 245 g/mol. The number of aryl methyl sites for hydroxylation is 1. The van der Waals surface area contributed by atoms with Crippen molar-refractivity contribution in [1.29, 1.82) is 0 Å². The predicted molar refractivity (Wildman–Crippen MR) is 55.8 cm³/mol. The molecule has 0 aromatic heterocycles. The van der Waals surface area contributed by atoms with Gasteiger partial charge in [0.2, 0.25) is 0 Å². The van der Waals surface area contributed by atoms with Gasteiger partial charge in [0, 0.05) is 0 Å². The van der Waals surface area contributed by atoms with E-state index in [9.17, 15) is 10.2 Å². The van der Waals surface area contributed by atoms with Gasteiger partial charge >= 0.3 is 0 Å². The molecule has 0 radical (unpaired) electrons. The Balaban J connectivity index is 3.32. The molecule has 13 heavy (non-hydrogen) atoms. The van der Waals surface area contributed by atoms with Gasteiger partial charge in [0.25, 0.3) is 0 Å². The maximum atomic E-state index is 9.78. The van der Waals surface area contributed by atoms with Crippen molar-refractivity contribution < 1.29 is 10.2 Å². The summed E-state index contributed by atoms with van der Waals surface area (Å²) >= 11 is 3.21. The summed E-state index contributed by atoms with van der Waals surface area (Å²) in [6, 6.07) is 3.38. The van der Waals surface area contributed by atoms with Crippen LogP contribution in [0.2, 0.25) is 0 Å². The Kier molecular flexibility index (Phi) is 2.68. The maximum Gasteiger partial charge on any atom is 0.130 e. The third kappa shape index (κ3) is 2.23. The van der Waals surface area contributed by atoms with Crippen LogP contribution in [0.25, 0.3) is 0 Å². The van der Waals surface area contributed by atoms with E-state index in [4.69, 9.17) is 0 Å². The molecule has 0 fully saturated rings. The van der Waals surface area contributed by atoms with Crippen LogP contribution in [-0.4, -0.2) is 10.2 Å². The Morgan fingerprint density at radius 2 is 1.85 bits per heavy atom. The van der Waals surface area contributed by atoms with Crippen LogP contribution >= 0.6 is 15.9 Å². The Hall–Kier alpha value is -0.540. The smallest absolute Gasteiger partial charge is 0.130 e. The van der Waals surface area contributed by atoms with Gasteiger partial charge in [-0.25, -0.2) is 0 Å². The lowest BCUT2D eigenvalue weighted by atomic mass is 9.94. The molecule has 0 aliphatic heterocycles. The molecule has 1 aromatic carbocycles.